The Kier molecular flexibility index (Phi) is 6.62. The van der Waals surface area contributed by atoms with Crippen LogP contribution in [0.25, 0.3) is 33.4 Å². The molecule has 3 aliphatic rings. The van der Waals surface area contributed by atoms with Crippen LogP contribution < -0.4 is 5.32 Å². The molecule has 1 heterocycles. The van der Waals surface area contributed by atoms with Crippen molar-refractivity contribution in [3.05, 3.63) is 82.2 Å². The molecule has 0 radical (unpaired) electrons. The lowest BCUT2D eigenvalue weighted by atomic mass is 9.43. The molecule has 5 nitrogen and oxygen atoms in total. The van der Waals surface area contributed by atoms with Crippen molar-refractivity contribution in [2.24, 2.45) is 11.3 Å². The second-order valence-electron chi connectivity index (χ2n) is 11.7. The van der Waals surface area contributed by atoms with Gasteiger partial charge in [0.15, 0.2) is 5.78 Å². The number of halogens is 1. The summed E-state index contributed by atoms with van der Waals surface area (Å²) in [7, 11) is 1.57. The fourth-order valence-electron chi connectivity index (χ4n) is 6.83. The predicted octanol–water partition coefficient (Wildman–Crippen LogP) is 7.39. The molecule has 0 saturated heterocycles. The average Bonchev–Trinajstić information content (AvgIpc) is 3.27. The van der Waals surface area contributed by atoms with Crippen molar-refractivity contribution in [2.75, 3.05) is 7.05 Å². The van der Waals surface area contributed by atoms with E-state index in [0.717, 1.165) is 60.3 Å². The number of Topliss-reactive ketones (excluding diaryl/α,β-unsaturated/α-hetero) is 1. The summed E-state index contributed by atoms with van der Waals surface area (Å²) in [6.07, 6.45) is 5.63. The maximum Gasteiger partial charge on any atom is 0.255 e. The Labute approximate surface area is 233 Å². The van der Waals surface area contributed by atoms with E-state index in [4.69, 9.17) is 4.42 Å². The molecular formula is C34H34FNO4. The van der Waals surface area contributed by atoms with Crippen LogP contribution in [0.2, 0.25) is 0 Å². The van der Waals surface area contributed by atoms with Crippen molar-refractivity contribution in [1.29, 1.82) is 0 Å². The topological polar surface area (TPSA) is 79.5 Å². The second-order valence-corrected chi connectivity index (χ2v) is 11.7. The highest BCUT2D eigenvalue weighted by Gasteiger charge is 2.57. The Hall–Kier alpha value is -3.77. The lowest BCUT2D eigenvalue weighted by Crippen LogP contribution is -2.52. The third kappa shape index (κ3) is 4.35. The third-order valence-corrected chi connectivity index (χ3v) is 8.91. The predicted molar refractivity (Wildman–Crippen MR) is 154 cm³/mol. The molecule has 7 rings (SSSR count). The van der Waals surface area contributed by atoms with E-state index in [2.05, 4.69) is 12.2 Å². The smallest absolute Gasteiger partial charge is 0.255 e. The Balaban J connectivity index is 1.53. The number of benzene rings is 3. The van der Waals surface area contributed by atoms with Gasteiger partial charge in [0, 0.05) is 30.0 Å². The number of amides is 1. The van der Waals surface area contributed by atoms with Crippen LogP contribution >= 0.6 is 0 Å². The molecule has 2 bridgehead atoms. The van der Waals surface area contributed by atoms with Crippen molar-refractivity contribution in [3.8, 4) is 22.5 Å². The SMILES string of the molecule is CCCc1cc2oc(-c3ccc(F)cc3)c(C(=O)NC)c2cc1-c1cc(C(=O)CC23CC(C2)C3)c(CO)cc1C. The summed E-state index contributed by atoms with van der Waals surface area (Å²) < 4.78 is 19.9. The Morgan fingerprint density at radius 2 is 1.77 bits per heavy atom. The number of ketones is 1. The van der Waals surface area contributed by atoms with E-state index in [-0.39, 0.29) is 29.5 Å². The van der Waals surface area contributed by atoms with Gasteiger partial charge in [0.1, 0.15) is 17.2 Å². The normalized spacial score (nSPS) is 19.3. The van der Waals surface area contributed by atoms with Gasteiger partial charge in [-0.15, -0.1) is 0 Å². The quantitative estimate of drug-likeness (QED) is 0.217. The lowest BCUT2D eigenvalue weighted by molar-refractivity contribution is -0.103. The van der Waals surface area contributed by atoms with Gasteiger partial charge < -0.3 is 14.8 Å². The zero-order chi connectivity index (χ0) is 28.2. The minimum Gasteiger partial charge on any atom is -0.455 e. The molecule has 0 aliphatic heterocycles. The zero-order valence-corrected chi connectivity index (χ0v) is 23.2. The average molecular weight is 540 g/mol. The monoisotopic (exact) mass is 539 g/mol. The first-order chi connectivity index (χ1) is 19.3. The van der Waals surface area contributed by atoms with Crippen molar-refractivity contribution in [1.82, 2.24) is 5.32 Å². The number of carbonyl (C=O) groups is 2. The first-order valence-corrected chi connectivity index (χ1v) is 14.1. The van der Waals surface area contributed by atoms with Gasteiger partial charge in [-0.1, -0.05) is 19.4 Å². The van der Waals surface area contributed by atoms with Crippen LogP contribution in [0, 0.1) is 24.1 Å². The van der Waals surface area contributed by atoms with Gasteiger partial charge in [0.2, 0.25) is 0 Å². The van der Waals surface area contributed by atoms with Crippen LogP contribution in [-0.2, 0) is 13.0 Å². The van der Waals surface area contributed by atoms with Crippen molar-refractivity contribution >= 4 is 22.7 Å². The van der Waals surface area contributed by atoms with E-state index < -0.39 is 0 Å². The molecule has 3 aliphatic carbocycles. The number of nitrogens with one attached hydrogen (secondary N) is 1. The standard InChI is InChI=1S/C34H34FNO4/c1-4-5-22-11-30-28(31(33(39)36-3)32(40-30)21-6-8-24(35)9-7-21)13-26(22)25-12-27(23(18-37)10-19(25)2)29(38)17-34-14-20(15-34)16-34/h6-13,20,37H,4-5,14-18H2,1-3H3,(H,36,39). The number of furan rings is 1. The maximum atomic E-state index is 13.7. The van der Waals surface area contributed by atoms with Crippen molar-refractivity contribution in [3.63, 3.8) is 0 Å². The highest BCUT2D eigenvalue weighted by molar-refractivity contribution is 6.12. The van der Waals surface area contributed by atoms with Crippen LogP contribution in [0.3, 0.4) is 0 Å². The number of aryl methyl sites for hydroxylation is 2. The van der Waals surface area contributed by atoms with Crippen molar-refractivity contribution < 1.29 is 23.5 Å². The molecule has 2 N–H and O–H groups in total. The second kappa shape index (κ2) is 10.0. The molecule has 1 amide bonds. The van der Waals surface area contributed by atoms with E-state index in [1.807, 2.05) is 31.2 Å². The van der Waals surface area contributed by atoms with Crippen LogP contribution in [0.4, 0.5) is 4.39 Å². The van der Waals surface area contributed by atoms with Gasteiger partial charge in [0.05, 0.1) is 12.2 Å². The highest BCUT2D eigenvalue weighted by Crippen LogP contribution is 2.66. The Bertz CT molecular complexity index is 1630. The summed E-state index contributed by atoms with van der Waals surface area (Å²) in [6, 6.07) is 13.7. The minimum atomic E-state index is -0.366. The molecule has 3 saturated carbocycles. The summed E-state index contributed by atoms with van der Waals surface area (Å²) in [4.78, 5) is 26.7. The van der Waals surface area contributed by atoms with Crippen LogP contribution in [-0.4, -0.2) is 23.8 Å². The number of rotatable bonds is 9. The van der Waals surface area contributed by atoms with E-state index in [1.54, 1.807) is 19.2 Å². The minimum absolute atomic E-state index is 0.0922. The summed E-state index contributed by atoms with van der Waals surface area (Å²) >= 11 is 0. The first kappa shape index (κ1) is 26.5. The van der Waals surface area contributed by atoms with E-state index in [0.29, 0.717) is 45.4 Å². The van der Waals surface area contributed by atoms with Crippen LogP contribution in [0.15, 0.2) is 52.9 Å². The molecule has 0 atom stereocenters. The first-order valence-electron chi connectivity index (χ1n) is 14.1. The summed E-state index contributed by atoms with van der Waals surface area (Å²) in [6.45, 7) is 3.90. The zero-order valence-electron chi connectivity index (χ0n) is 23.2. The number of carbonyl (C=O) groups excluding carboxylic acids is 2. The van der Waals surface area contributed by atoms with Gasteiger partial charge in [-0.25, -0.2) is 4.39 Å². The number of hydrogen-bond donors (Lipinski definition) is 2. The van der Waals surface area contributed by atoms with Gasteiger partial charge in [-0.05, 0) is 114 Å². The molecule has 3 fully saturated rings. The molecule has 0 unspecified atom stereocenters. The van der Waals surface area contributed by atoms with E-state index in [9.17, 15) is 19.1 Å². The lowest BCUT2D eigenvalue weighted by Gasteiger charge is -2.62. The maximum absolute atomic E-state index is 13.7. The van der Waals surface area contributed by atoms with Crippen molar-refractivity contribution in [2.45, 2.75) is 59.0 Å². The van der Waals surface area contributed by atoms with Crippen LogP contribution in [0.5, 0.6) is 0 Å². The number of aliphatic hydroxyl groups excluding tert-OH is 1. The molecule has 0 spiro atoms. The molecule has 4 aromatic rings. The molecule has 206 valence electrons. The summed E-state index contributed by atoms with van der Waals surface area (Å²) in [5.41, 5.74) is 6.84. The number of hydrogen-bond acceptors (Lipinski definition) is 4. The molecule has 6 heteroatoms. The Morgan fingerprint density at radius 3 is 2.38 bits per heavy atom. The van der Waals surface area contributed by atoms with E-state index in [1.165, 1.54) is 12.1 Å². The highest BCUT2D eigenvalue weighted by atomic mass is 19.1. The van der Waals surface area contributed by atoms with Gasteiger partial charge in [0.25, 0.3) is 5.91 Å². The molecule has 3 aromatic carbocycles. The molecule has 1 aromatic heterocycles. The third-order valence-electron chi connectivity index (χ3n) is 8.91. The Morgan fingerprint density at radius 1 is 1.05 bits per heavy atom. The van der Waals surface area contributed by atoms with Gasteiger partial charge in [-0.3, -0.25) is 9.59 Å². The van der Waals surface area contributed by atoms with Crippen LogP contribution in [0.1, 0.15) is 76.4 Å². The number of aliphatic hydroxyl groups is 1. The fraction of sp³-hybridized carbons (Fsp3) is 0.353. The number of fused-ring (bicyclic) bond motifs is 1. The summed E-state index contributed by atoms with van der Waals surface area (Å²) in [5, 5.41) is 13.5. The summed E-state index contributed by atoms with van der Waals surface area (Å²) in [5.74, 6) is 0.612. The molecular weight excluding hydrogens is 505 g/mol. The van der Waals surface area contributed by atoms with E-state index >= 15 is 0 Å². The molecule has 40 heavy (non-hydrogen) atoms. The van der Waals surface area contributed by atoms with Gasteiger partial charge in [-0.2, -0.15) is 0 Å². The fourth-order valence-corrected chi connectivity index (χ4v) is 6.83. The van der Waals surface area contributed by atoms with Gasteiger partial charge >= 0.3 is 0 Å². The largest absolute Gasteiger partial charge is 0.455 e.